The summed E-state index contributed by atoms with van der Waals surface area (Å²) in [6.45, 7) is 2.25. The van der Waals surface area contributed by atoms with E-state index in [1.165, 1.54) is 0 Å². The lowest BCUT2D eigenvalue weighted by Gasteiger charge is -2.16. The summed E-state index contributed by atoms with van der Waals surface area (Å²) in [5.74, 6) is 0.282. The SMILES string of the molecule is O=C(NCc1cccc(NC(=O)N2CCCC2)c1)c1ccccc1OCc1ccc(Cl)cc1. The van der Waals surface area contributed by atoms with E-state index in [0.717, 1.165) is 37.1 Å². The van der Waals surface area contributed by atoms with Crippen molar-refractivity contribution in [1.82, 2.24) is 10.2 Å². The van der Waals surface area contributed by atoms with Gasteiger partial charge < -0.3 is 20.3 Å². The third kappa shape index (κ3) is 6.26. The summed E-state index contributed by atoms with van der Waals surface area (Å²) in [5.41, 5.74) is 3.03. The molecular weight excluding hydrogens is 438 g/mol. The molecule has 3 aromatic rings. The third-order valence-electron chi connectivity index (χ3n) is 5.46. The normalized spacial score (nSPS) is 12.9. The van der Waals surface area contributed by atoms with E-state index in [9.17, 15) is 9.59 Å². The summed E-state index contributed by atoms with van der Waals surface area (Å²) in [6.07, 6.45) is 2.09. The third-order valence-corrected chi connectivity index (χ3v) is 5.72. The van der Waals surface area contributed by atoms with E-state index in [1.807, 2.05) is 47.4 Å². The standard InChI is InChI=1S/C26H26ClN3O3/c27-21-12-10-19(11-13-21)18-33-24-9-2-1-8-23(24)25(31)28-17-20-6-5-7-22(16-20)29-26(32)30-14-3-4-15-30/h1-2,5-13,16H,3-4,14-15,17-18H2,(H,28,31)(H,29,32). The van der Waals surface area contributed by atoms with Gasteiger partial charge in [-0.05, 0) is 60.4 Å². The highest BCUT2D eigenvalue weighted by molar-refractivity contribution is 6.30. The number of carbonyl (C=O) groups is 2. The maximum Gasteiger partial charge on any atom is 0.321 e. The molecule has 0 aromatic heterocycles. The summed E-state index contributed by atoms with van der Waals surface area (Å²) in [7, 11) is 0. The van der Waals surface area contributed by atoms with Crippen LogP contribution in [0.15, 0.2) is 72.8 Å². The Kier molecular flexibility index (Phi) is 7.47. The minimum absolute atomic E-state index is 0.0829. The lowest BCUT2D eigenvalue weighted by molar-refractivity contribution is 0.0946. The lowest BCUT2D eigenvalue weighted by Crippen LogP contribution is -2.32. The number of rotatable bonds is 7. The second-order valence-electron chi connectivity index (χ2n) is 7.92. The zero-order valence-corrected chi connectivity index (χ0v) is 19.0. The number of ether oxygens (including phenoxy) is 1. The van der Waals surface area contributed by atoms with Gasteiger partial charge in [-0.25, -0.2) is 4.79 Å². The number of anilines is 1. The summed E-state index contributed by atoms with van der Waals surface area (Å²) in [4.78, 5) is 27.0. The fourth-order valence-corrected chi connectivity index (χ4v) is 3.81. The summed E-state index contributed by atoms with van der Waals surface area (Å²) >= 11 is 5.93. The van der Waals surface area contributed by atoms with Crippen LogP contribution in [0.1, 0.15) is 34.3 Å². The van der Waals surface area contributed by atoms with E-state index in [1.54, 1.807) is 30.3 Å². The molecule has 7 heteroatoms. The minimum atomic E-state index is -0.229. The number of nitrogens with zero attached hydrogens (tertiary/aromatic N) is 1. The Bertz CT molecular complexity index is 1110. The largest absolute Gasteiger partial charge is 0.488 e. The van der Waals surface area contributed by atoms with Gasteiger partial charge in [0.15, 0.2) is 0 Å². The number of hydrogen-bond donors (Lipinski definition) is 2. The summed E-state index contributed by atoms with van der Waals surface area (Å²) in [5, 5.41) is 6.54. The first-order valence-corrected chi connectivity index (χ1v) is 11.4. The highest BCUT2D eigenvalue weighted by atomic mass is 35.5. The van der Waals surface area contributed by atoms with Crippen LogP contribution >= 0.6 is 11.6 Å². The van der Waals surface area contributed by atoms with Gasteiger partial charge in [-0.1, -0.05) is 48.0 Å². The van der Waals surface area contributed by atoms with Gasteiger partial charge in [0, 0.05) is 30.3 Å². The molecule has 3 amide bonds. The fraction of sp³-hybridized carbons (Fsp3) is 0.231. The van der Waals surface area contributed by atoms with Gasteiger partial charge >= 0.3 is 6.03 Å². The van der Waals surface area contributed by atoms with Crippen molar-refractivity contribution in [2.45, 2.75) is 26.0 Å². The molecular formula is C26H26ClN3O3. The van der Waals surface area contributed by atoms with Crippen molar-refractivity contribution in [3.05, 3.63) is 94.5 Å². The summed E-state index contributed by atoms with van der Waals surface area (Å²) < 4.78 is 5.89. The minimum Gasteiger partial charge on any atom is -0.488 e. The zero-order valence-electron chi connectivity index (χ0n) is 18.2. The monoisotopic (exact) mass is 463 g/mol. The maximum absolute atomic E-state index is 12.8. The number of urea groups is 1. The van der Waals surface area contributed by atoms with Crippen LogP contribution in [-0.4, -0.2) is 29.9 Å². The molecule has 0 radical (unpaired) electrons. The van der Waals surface area contributed by atoms with E-state index in [0.29, 0.717) is 35.2 Å². The van der Waals surface area contributed by atoms with Gasteiger partial charge in [0.25, 0.3) is 5.91 Å². The topological polar surface area (TPSA) is 70.7 Å². The molecule has 1 heterocycles. The van der Waals surface area contributed by atoms with Crippen molar-refractivity contribution in [3.8, 4) is 5.75 Å². The van der Waals surface area contributed by atoms with Gasteiger partial charge in [0.2, 0.25) is 0 Å². The number of nitrogens with one attached hydrogen (secondary N) is 2. The Morgan fingerprint density at radius 1 is 0.909 bits per heavy atom. The summed E-state index contributed by atoms with van der Waals surface area (Å²) in [6, 6.07) is 22.0. The molecule has 0 aliphatic carbocycles. The first-order valence-electron chi connectivity index (χ1n) is 11.0. The molecule has 0 unspecified atom stereocenters. The van der Waals surface area contributed by atoms with E-state index in [2.05, 4.69) is 10.6 Å². The van der Waals surface area contributed by atoms with E-state index in [4.69, 9.17) is 16.3 Å². The molecule has 4 rings (SSSR count). The Morgan fingerprint density at radius 3 is 2.45 bits per heavy atom. The Morgan fingerprint density at radius 2 is 1.67 bits per heavy atom. The van der Waals surface area contributed by atoms with Crippen LogP contribution in [0.4, 0.5) is 10.5 Å². The number of para-hydroxylation sites is 1. The number of hydrogen-bond acceptors (Lipinski definition) is 3. The average molecular weight is 464 g/mol. The number of likely N-dealkylation sites (tertiary alicyclic amines) is 1. The van der Waals surface area contributed by atoms with Crippen molar-refractivity contribution in [1.29, 1.82) is 0 Å². The highest BCUT2D eigenvalue weighted by Gasteiger charge is 2.18. The first-order chi connectivity index (χ1) is 16.1. The lowest BCUT2D eigenvalue weighted by atomic mass is 10.1. The molecule has 6 nitrogen and oxygen atoms in total. The average Bonchev–Trinajstić information content (AvgIpc) is 3.38. The van der Waals surface area contributed by atoms with Crippen molar-refractivity contribution < 1.29 is 14.3 Å². The molecule has 1 aliphatic rings. The maximum atomic E-state index is 12.8. The van der Waals surface area contributed by atoms with Crippen LogP contribution in [0.5, 0.6) is 5.75 Å². The number of benzene rings is 3. The van der Waals surface area contributed by atoms with Crippen LogP contribution in [0.2, 0.25) is 5.02 Å². The van der Waals surface area contributed by atoms with Crippen molar-refractivity contribution in [3.63, 3.8) is 0 Å². The van der Waals surface area contributed by atoms with Crippen LogP contribution < -0.4 is 15.4 Å². The van der Waals surface area contributed by atoms with E-state index >= 15 is 0 Å². The van der Waals surface area contributed by atoms with Crippen LogP contribution in [0, 0.1) is 0 Å². The molecule has 1 fully saturated rings. The van der Waals surface area contributed by atoms with Crippen molar-refractivity contribution in [2.75, 3.05) is 18.4 Å². The second kappa shape index (κ2) is 10.9. The Balaban J connectivity index is 1.35. The molecule has 33 heavy (non-hydrogen) atoms. The van der Waals surface area contributed by atoms with Crippen LogP contribution in [0.25, 0.3) is 0 Å². The van der Waals surface area contributed by atoms with E-state index in [-0.39, 0.29) is 11.9 Å². The van der Waals surface area contributed by atoms with Gasteiger partial charge in [0.05, 0.1) is 5.56 Å². The fourth-order valence-electron chi connectivity index (χ4n) is 3.68. The van der Waals surface area contributed by atoms with Crippen molar-refractivity contribution >= 4 is 29.2 Å². The molecule has 2 N–H and O–H groups in total. The quantitative estimate of drug-likeness (QED) is 0.487. The first kappa shape index (κ1) is 22.7. The number of halogens is 1. The molecule has 3 aromatic carbocycles. The van der Waals surface area contributed by atoms with E-state index < -0.39 is 0 Å². The number of carbonyl (C=O) groups excluding carboxylic acids is 2. The van der Waals surface area contributed by atoms with Crippen molar-refractivity contribution in [2.24, 2.45) is 0 Å². The van der Waals surface area contributed by atoms with Gasteiger partial charge in [0.1, 0.15) is 12.4 Å². The number of amides is 3. The van der Waals surface area contributed by atoms with Gasteiger partial charge in [-0.3, -0.25) is 4.79 Å². The zero-order chi connectivity index (χ0) is 23.0. The molecule has 0 saturated carbocycles. The molecule has 0 atom stereocenters. The molecule has 170 valence electrons. The predicted octanol–water partition coefficient (Wildman–Crippen LogP) is 5.48. The molecule has 1 saturated heterocycles. The molecule has 0 bridgehead atoms. The van der Waals surface area contributed by atoms with Crippen LogP contribution in [0.3, 0.4) is 0 Å². The Hall–Kier alpha value is -3.51. The predicted molar refractivity (Wildman–Crippen MR) is 130 cm³/mol. The van der Waals surface area contributed by atoms with Gasteiger partial charge in [-0.15, -0.1) is 0 Å². The molecule has 0 spiro atoms. The smallest absolute Gasteiger partial charge is 0.321 e. The second-order valence-corrected chi connectivity index (χ2v) is 8.36. The highest BCUT2D eigenvalue weighted by Crippen LogP contribution is 2.21. The van der Waals surface area contributed by atoms with Crippen LogP contribution in [-0.2, 0) is 13.2 Å². The molecule has 1 aliphatic heterocycles. The van der Waals surface area contributed by atoms with Gasteiger partial charge in [-0.2, -0.15) is 0 Å². The Labute approximate surface area is 198 Å².